The number of phenolic OH excluding ortho intramolecular Hbond substituents is 1. The molecule has 0 radical (unpaired) electrons. The van der Waals surface area contributed by atoms with Crippen LogP contribution in [0.4, 0.5) is 11.4 Å². The summed E-state index contributed by atoms with van der Waals surface area (Å²) in [6.45, 7) is -0.540. The summed E-state index contributed by atoms with van der Waals surface area (Å²) in [5.41, 5.74) is 1.41. The minimum absolute atomic E-state index is 0.0782. The first-order valence-electron chi connectivity index (χ1n) is 7.57. The van der Waals surface area contributed by atoms with Crippen LogP contribution < -0.4 is 14.9 Å². The van der Waals surface area contributed by atoms with Crippen molar-refractivity contribution in [1.29, 1.82) is 0 Å². The van der Waals surface area contributed by atoms with Crippen LogP contribution in [0.2, 0.25) is 0 Å². The predicted molar refractivity (Wildman–Crippen MR) is 95.6 cm³/mol. The van der Waals surface area contributed by atoms with E-state index in [-0.39, 0.29) is 22.7 Å². The van der Waals surface area contributed by atoms with Gasteiger partial charge in [-0.3, -0.25) is 25.0 Å². The summed E-state index contributed by atoms with van der Waals surface area (Å²) in [4.78, 5) is 32.1. The summed E-state index contributed by atoms with van der Waals surface area (Å²) < 4.78 is 9.94. The Bertz CT molecular complexity index is 944. The Morgan fingerprint density at radius 3 is 2.50 bits per heavy atom. The summed E-state index contributed by atoms with van der Waals surface area (Å²) in [7, 11) is 1.22. The van der Waals surface area contributed by atoms with E-state index in [9.17, 15) is 30.1 Å². The molecule has 0 atom stereocenters. The zero-order valence-electron chi connectivity index (χ0n) is 14.4. The lowest BCUT2D eigenvalue weighted by molar-refractivity contribution is -0.386. The number of nitrogens with zero attached hydrogens (tertiary/aromatic N) is 3. The summed E-state index contributed by atoms with van der Waals surface area (Å²) in [6, 6.07) is 7.87. The number of para-hydroxylation sites is 2. The van der Waals surface area contributed by atoms with Gasteiger partial charge in [-0.1, -0.05) is 12.1 Å². The molecule has 0 aliphatic carbocycles. The molecule has 12 nitrogen and oxygen atoms in total. The molecule has 0 spiro atoms. The highest BCUT2D eigenvalue weighted by Gasteiger charge is 2.19. The van der Waals surface area contributed by atoms with Crippen LogP contribution in [0.3, 0.4) is 0 Å². The number of aromatic hydroxyl groups is 1. The number of carbonyl (C=O) groups is 1. The maximum Gasteiger partial charge on any atom is 0.315 e. The zero-order chi connectivity index (χ0) is 20.7. The number of nitro benzene ring substituents is 2. The molecule has 1 amide bonds. The Morgan fingerprint density at radius 2 is 1.86 bits per heavy atom. The van der Waals surface area contributed by atoms with Crippen molar-refractivity contribution < 1.29 is 29.2 Å². The van der Waals surface area contributed by atoms with Gasteiger partial charge in [0.25, 0.3) is 5.91 Å². The van der Waals surface area contributed by atoms with Crippen LogP contribution in [-0.4, -0.2) is 40.8 Å². The van der Waals surface area contributed by atoms with Gasteiger partial charge in [0.15, 0.2) is 18.1 Å². The molecule has 2 aromatic carbocycles. The molecule has 12 heteroatoms. The van der Waals surface area contributed by atoms with E-state index in [0.29, 0.717) is 0 Å². The topological polar surface area (TPSA) is 166 Å². The molecule has 28 heavy (non-hydrogen) atoms. The summed E-state index contributed by atoms with van der Waals surface area (Å²) >= 11 is 0. The van der Waals surface area contributed by atoms with Gasteiger partial charge in [-0.2, -0.15) is 5.10 Å². The second-order valence-corrected chi connectivity index (χ2v) is 5.15. The Morgan fingerprint density at radius 1 is 1.18 bits per heavy atom. The van der Waals surface area contributed by atoms with Crippen LogP contribution in [0.25, 0.3) is 0 Å². The van der Waals surface area contributed by atoms with Crippen molar-refractivity contribution in [2.45, 2.75) is 0 Å². The van der Waals surface area contributed by atoms with Crippen LogP contribution in [0.1, 0.15) is 5.56 Å². The maximum atomic E-state index is 11.7. The number of hydrogen-bond donors (Lipinski definition) is 2. The molecule has 0 saturated carbocycles. The van der Waals surface area contributed by atoms with Crippen molar-refractivity contribution in [3.63, 3.8) is 0 Å². The number of hydrazone groups is 1. The smallest absolute Gasteiger partial charge is 0.315 e. The number of nitro groups is 2. The van der Waals surface area contributed by atoms with Gasteiger partial charge in [-0.25, -0.2) is 5.43 Å². The standard InChI is InChI=1S/C16H14N4O8/c1-27-14-7-10(6-12(16(14)22)20(25)26)8-17-18-15(21)9-28-13-5-3-2-4-11(13)19(23)24/h2-8,22H,9H2,1H3,(H,18,21)/b17-8+. The minimum atomic E-state index is -0.797. The van der Waals surface area contributed by atoms with Crippen molar-refractivity contribution in [2.24, 2.45) is 5.10 Å². The fraction of sp³-hybridized carbons (Fsp3) is 0.125. The van der Waals surface area contributed by atoms with Gasteiger partial charge in [-0.05, 0) is 12.1 Å². The number of benzene rings is 2. The van der Waals surface area contributed by atoms with E-state index in [1.54, 1.807) is 0 Å². The molecular weight excluding hydrogens is 376 g/mol. The molecule has 0 bridgehead atoms. The third-order valence-electron chi connectivity index (χ3n) is 3.32. The number of methoxy groups -OCH3 is 1. The van der Waals surface area contributed by atoms with Crippen LogP contribution in [0, 0.1) is 20.2 Å². The number of hydrogen-bond acceptors (Lipinski definition) is 9. The molecule has 2 rings (SSSR count). The molecule has 2 N–H and O–H groups in total. The molecule has 0 aliphatic heterocycles. The van der Waals surface area contributed by atoms with Crippen LogP contribution in [-0.2, 0) is 4.79 Å². The fourth-order valence-corrected chi connectivity index (χ4v) is 2.07. The van der Waals surface area contributed by atoms with Gasteiger partial charge < -0.3 is 14.6 Å². The van der Waals surface area contributed by atoms with Gasteiger partial charge in [0.1, 0.15) is 0 Å². The lowest BCUT2D eigenvalue weighted by Gasteiger charge is -2.06. The first-order chi connectivity index (χ1) is 13.3. The molecule has 0 unspecified atom stereocenters. The number of nitrogens with one attached hydrogen (secondary N) is 1. The molecular formula is C16H14N4O8. The van der Waals surface area contributed by atoms with E-state index in [0.717, 1.165) is 12.3 Å². The third-order valence-corrected chi connectivity index (χ3v) is 3.32. The predicted octanol–water partition coefficient (Wildman–Crippen LogP) is 1.75. The Balaban J connectivity index is 2.01. The van der Waals surface area contributed by atoms with Crippen molar-refractivity contribution in [1.82, 2.24) is 5.43 Å². The summed E-state index contributed by atoms with van der Waals surface area (Å²) in [5, 5.41) is 35.1. The van der Waals surface area contributed by atoms with Gasteiger partial charge in [0.2, 0.25) is 5.75 Å². The van der Waals surface area contributed by atoms with Crippen molar-refractivity contribution in [2.75, 3.05) is 13.7 Å². The van der Waals surface area contributed by atoms with Crippen molar-refractivity contribution >= 4 is 23.5 Å². The molecule has 0 saturated heterocycles. The molecule has 0 aromatic heterocycles. The maximum absolute atomic E-state index is 11.7. The Labute approximate surface area is 157 Å². The van der Waals surface area contributed by atoms with E-state index in [1.807, 2.05) is 0 Å². The quantitative estimate of drug-likeness (QED) is 0.390. The molecule has 2 aromatic rings. The normalized spacial score (nSPS) is 10.5. The van der Waals surface area contributed by atoms with Gasteiger partial charge in [-0.15, -0.1) is 0 Å². The van der Waals surface area contributed by atoms with Gasteiger partial charge in [0, 0.05) is 17.7 Å². The summed E-state index contributed by atoms with van der Waals surface area (Å²) in [6.07, 6.45) is 1.10. The number of phenols is 1. The number of carbonyl (C=O) groups excluding carboxylic acids is 1. The minimum Gasteiger partial charge on any atom is -0.500 e. The monoisotopic (exact) mass is 390 g/mol. The number of amides is 1. The van der Waals surface area contributed by atoms with Crippen LogP contribution in [0.5, 0.6) is 17.2 Å². The van der Waals surface area contributed by atoms with E-state index >= 15 is 0 Å². The Hall–Kier alpha value is -4.22. The third kappa shape index (κ3) is 4.91. The highest BCUT2D eigenvalue weighted by Crippen LogP contribution is 2.36. The van der Waals surface area contributed by atoms with E-state index in [1.165, 1.54) is 37.4 Å². The number of rotatable bonds is 8. The lowest BCUT2D eigenvalue weighted by Crippen LogP contribution is -2.24. The largest absolute Gasteiger partial charge is 0.500 e. The van der Waals surface area contributed by atoms with Crippen molar-refractivity contribution in [3.05, 3.63) is 62.2 Å². The highest BCUT2D eigenvalue weighted by molar-refractivity contribution is 5.85. The molecule has 0 aliphatic rings. The van der Waals surface area contributed by atoms with E-state index in [2.05, 4.69) is 10.5 Å². The first-order valence-corrected chi connectivity index (χ1v) is 7.57. The first kappa shape index (κ1) is 20.1. The zero-order valence-corrected chi connectivity index (χ0v) is 14.4. The molecule has 146 valence electrons. The van der Waals surface area contributed by atoms with Gasteiger partial charge >= 0.3 is 11.4 Å². The second-order valence-electron chi connectivity index (χ2n) is 5.15. The molecule has 0 fully saturated rings. The summed E-state index contributed by atoms with van der Waals surface area (Å²) in [5.74, 6) is -1.56. The van der Waals surface area contributed by atoms with Crippen LogP contribution >= 0.6 is 0 Å². The lowest BCUT2D eigenvalue weighted by atomic mass is 10.2. The van der Waals surface area contributed by atoms with E-state index in [4.69, 9.17) is 9.47 Å². The molecule has 0 heterocycles. The number of ether oxygens (including phenoxy) is 2. The Kier molecular flexibility index (Phi) is 6.41. The average Bonchev–Trinajstić information content (AvgIpc) is 2.67. The fourth-order valence-electron chi connectivity index (χ4n) is 2.07. The second kappa shape index (κ2) is 8.93. The van der Waals surface area contributed by atoms with Crippen molar-refractivity contribution in [3.8, 4) is 17.2 Å². The van der Waals surface area contributed by atoms with E-state index < -0.39 is 33.8 Å². The van der Waals surface area contributed by atoms with Crippen LogP contribution in [0.15, 0.2) is 41.5 Å². The SMILES string of the molecule is COc1cc(/C=N/NC(=O)COc2ccccc2[N+](=O)[O-])cc([N+](=O)[O-])c1O. The van der Waals surface area contributed by atoms with Gasteiger partial charge in [0.05, 0.1) is 23.2 Å². The highest BCUT2D eigenvalue weighted by atomic mass is 16.6. The average molecular weight is 390 g/mol.